The molecule has 38 heavy (non-hydrogen) atoms. The molecule has 0 aliphatic heterocycles. The summed E-state index contributed by atoms with van der Waals surface area (Å²) in [5, 5.41) is 8.41. The van der Waals surface area contributed by atoms with E-state index in [1.54, 1.807) is 49.2 Å². The van der Waals surface area contributed by atoms with Crippen molar-refractivity contribution in [2.45, 2.75) is 38.2 Å². The second-order valence-electron chi connectivity index (χ2n) is 9.62. The first-order chi connectivity index (χ1) is 18.7. The lowest BCUT2D eigenvalue weighted by molar-refractivity contribution is 0.154. The maximum atomic E-state index is 14.6. The van der Waals surface area contributed by atoms with Gasteiger partial charge in [-0.2, -0.15) is 5.10 Å². The zero-order valence-corrected chi connectivity index (χ0v) is 20.5. The van der Waals surface area contributed by atoms with Gasteiger partial charge in [0.15, 0.2) is 5.82 Å². The number of aromatic nitrogens is 7. The van der Waals surface area contributed by atoms with Gasteiger partial charge in [-0.05, 0) is 43.9 Å². The molecule has 7 rings (SSSR count). The molecule has 0 atom stereocenters. The number of imidazole rings is 1. The minimum Gasteiger partial charge on any atom is -0.489 e. The highest BCUT2D eigenvalue weighted by Crippen LogP contribution is 2.33. The van der Waals surface area contributed by atoms with Crippen LogP contribution < -0.4 is 4.74 Å². The Morgan fingerprint density at radius 2 is 1.74 bits per heavy atom. The Morgan fingerprint density at radius 3 is 2.63 bits per heavy atom. The van der Waals surface area contributed by atoms with E-state index in [9.17, 15) is 4.39 Å². The van der Waals surface area contributed by atoms with Crippen molar-refractivity contribution in [2.75, 3.05) is 0 Å². The van der Waals surface area contributed by atoms with Gasteiger partial charge in [0.05, 0.1) is 41.4 Å². The number of hydrogen-bond donors (Lipinski definition) is 2. The van der Waals surface area contributed by atoms with Crippen molar-refractivity contribution in [1.29, 1.82) is 0 Å². The van der Waals surface area contributed by atoms with E-state index in [0.717, 1.165) is 40.8 Å². The molecule has 6 aromatic rings. The maximum absolute atomic E-state index is 14.6. The molecule has 9 heteroatoms. The summed E-state index contributed by atoms with van der Waals surface area (Å²) in [6, 6.07) is 10.6. The average molecular weight is 506 g/mol. The molecular formula is C29H24FN7O. The normalized spacial score (nSPS) is 14.3. The van der Waals surface area contributed by atoms with Gasteiger partial charge in [-0.25, -0.2) is 9.37 Å². The van der Waals surface area contributed by atoms with Crippen LogP contribution in [0.25, 0.3) is 55.8 Å². The Labute approximate surface area is 217 Å². The third kappa shape index (κ3) is 4.06. The molecule has 0 bridgehead atoms. The van der Waals surface area contributed by atoms with E-state index < -0.39 is 0 Å². The van der Waals surface area contributed by atoms with Gasteiger partial charge in [0.25, 0.3) is 0 Å². The largest absolute Gasteiger partial charge is 0.489 e. The lowest BCUT2D eigenvalue weighted by Crippen LogP contribution is -2.19. The second kappa shape index (κ2) is 9.33. The Morgan fingerprint density at radius 1 is 0.868 bits per heavy atom. The number of nitrogens with one attached hydrogen (secondary N) is 2. The summed E-state index contributed by atoms with van der Waals surface area (Å²) in [7, 11) is 0. The van der Waals surface area contributed by atoms with Gasteiger partial charge in [0, 0.05) is 34.5 Å². The lowest BCUT2D eigenvalue weighted by Gasteiger charge is -2.22. The third-order valence-electron chi connectivity index (χ3n) is 7.09. The molecule has 1 fully saturated rings. The van der Waals surface area contributed by atoms with Gasteiger partial charge in [-0.15, -0.1) is 0 Å². The van der Waals surface area contributed by atoms with Crippen LogP contribution in [0.15, 0.2) is 67.4 Å². The van der Waals surface area contributed by atoms with Crippen LogP contribution in [0.1, 0.15) is 32.1 Å². The monoisotopic (exact) mass is 505 g/mol. The first-order valence-electron chi connectivity index (χ1n) is 12.8. The van der Waals surface area contributed by atoms with E-state index in [1.807, 2.05) is 12.1 Å². The van der Waals surface area contributed by atoms with Gasteiger partial charge in [0.2, 0.25) is 0 Å². The first-order valence-corrected chi connectivity index (χ1v) is 12.8. The van der Waals surface area contributed by atoms with Crippen molar-refractivity contribution >= 4 is 21.9 Å². The molecular weight excluding hydrogens is 481 g/mol. The number of rotatable bonds is 5. The van der Waals surface area contributed by atoms with Crippen LogP contribution in [0.4, 0.5) is 4.39 Å². The van der Waals surface area contributed by atoms with Gasteiger partial charge in [-0.3, -0.25) is 20.1 Å². The molecule has 5 heterocycles. The second-order valence-corrected chi connectivity index (χ2v) is 9.62. The number of nitrogens with zero attached hydrogens (tertiary/aromatic N) is 5. The molecule has 1 saturated carbocycles. The molecule has 1 aliphatic rings. The molecule has 2 N–H and O–H groups in total. The maximum Gasteiger partial charge on any atom is 0.159 e. The molecule has 5 aromatic heterocycles. The highest BCUT2D eigenvalue weighted by atomic mass is 19.1. The SMILES string of the molecule is Fc1ccccc1-c1cncc2[nH]c(-c3n[nH]c4cnc(-c5cncc(OC6CCCCC6)c5)cc34)nc12. The zero-order valence-electron chi connectivity index (χ0n) is 20.5. The molecule has 1 aromatic carbocycles. The highest BCUT2D eigenvalue weighted by Gasteiger charge is 2.19. The van der Waals surface area contributed by atoms with Gasteiger partial charge in [-0.1, -0.05) is 24.6 Å². The van der Waals surface area contributed by atoms with Crippen LogP contribution in [0.2, 0.25) is 0 Å². The number of halogens is 1. The fourth-order valence-electron chi connectivity index (χ4n) is 5.18. The Hall–Kier alpha value is -4.66. The number of ether oxygens (including phenoxy) is 1. The number of benzene rings is 1. The van der Waals surface area contributed by atoms with Gasteiger partial charge in [0.1, 0.15) is 22.8 Å². The summed E-state index contributed by atoms with van der Waals surface area (Å²) in [5.41, 5.74) is 5.43. The fraction of sp³-hybridized carbons (Fsp3) is 0.207. The van der Waals surface area contributed by atoms with E-state index in [1.165, 1.54) is 25.3 Å². The van der Waals surface area contributed by atoms with Crippen LogP contribution in [0.5, 0.6) is 5.75 Å². The number of pyridine rings is 3. The number of hydrogen-bond acceptors (Lipinski definition) is 6. The van der Waals surface area contributed by atoms with Crippen molar-refractivity contribution in [3.63, 3.8) is 0 Å². The number of aromatic amines is 2. The number of H-pyrrole nitrogens is 2. The van der Waals surface area contributed by atoms with Crippen LogP contribution >= 0.6 is 0 Å². The molecule has 1 aliphatic carbocycles. The summed E-state index contributed by atoms with van der Waals surface area (Å²) < 4.78 is 20.8. The Balaban J connectivity index is 1.26. The standard InChI is InChI=1S/C29H24FN7O/c30-23-9-5-4-8-20(23)22-14-32-15-26-27(22)35-29(34-26)28-21-11-24(33-16-25(21)36-37-28)17-10-19(13-31-12-17)38-18-6-2-1-3-7-18/h4-5,8-16,18H,1-3,6-7H2,(H,34,35)(H,36,37). The molecule has 0 spiro atoms. The lowest BCUT2D eigenvalue weighted by atomic mass is 9.98. The van der Waals surface area contributed by atoms with Gasteiger partial charge < -0.3 is 9.72 Å². The molecule has 0 saturated heterocycles. The fourth-order valence-corrected chi connectivity index (χ4v) is 5.18. The summed E-state index contributed by atoms with van der Waals surface area (Å²) in [4.78, 5) is 21.4. The van der Waals surface area contributed by atoms with Crippen LogP contribution in [-0.4, -0.2) is 41.2 Å². The zero-order chi connectivity index (χ0) is 25.5. The van der Waals surface area contributed by atoms with E-state index in [-0.39, 0.29) is 11.9 Å². The summed E-state index contributed by atoms with van der Waals surface area (Å²) in [6.07, 6.45) is 14.7. The first kappa shape index (κ1) is 22.5. The quantitative estimate of drug-likeness (QED) is 0.278. The van der Waals surface area contributed by atoms with E-state index in [4.69, 9.17) is 9.72 Å². The van der Waals surface area contributed by atoms with Crippen LogP contribution in [-0.2, 0) is 0 Å². The van der Waals surface area contributed by atoms with Crippen molar-refractivity contribution in [3.8, 4) is 39.7 Å². The van der Waals surface area contributed by atoms with Crippen molar-refractivity contribution in [1.82, 2.24) is 35.1 Å². The summed E-state index contributed by atoms with van der Waals surface area (Å²) in [6.45, 7) is 0. The van der Waals surface area contributed by atoms with Crippen LogP contribution in [0.3, 0.4) is 0 Å². The Bertz CT molecular complexity index is 1770. The van der Waals surface area contributed by atoms with Crippen molar-refractivity contribution in [3.05, 3.63) is 73.2 Å². The van der Waals surface area contributed by atoms with Crippen LogP contribution in [0, 0.1) is 5.82 Å². The molecule has 0 radical (unpaired) electrons. The van der Waals surface area contributed by atoms with E-state index >= 15 is 0 Å². The summed E-state index contributed by atoms with van der Waals surface area (Å²) >= 11 is 0. The number of fused-ring (bicyclic) bond motifs is 2. The average Bonchev–Trinajstić information content (AvgIpc) is 3.58. The van der Waals surface area contributed by atoms with Crippen molar-refractivity contribution in [2.24, 2.45) is 0 Å². The predicted octanol–water partition coefficient (Wildman–Crippen LogP) is 6.48. The topological polar surface area (TPSA) is 105 Å². The third-order valence-corrected chi connectivity index (χ3v) is 7.09. The minimum absolute atomic E-state index is 0.244. The summed E-state index contributed by atoms with van der Waals surface area (Å²) in [5.74, 6) is 0.992. The minimum atomic E-state index is -0.324. The Kier molecular flexibility index (Phi) is 5.53. The predicted molar refractivity (Wildman–Crippen MR) is 143 cm³/mol. The molecule has 188 valence electrons. The van der Waals surface area contributed by atoms with E-state index in [2.05, 4.69) is 30.1 Å². The smallest absolute Gasteiger partial charge is 0.159 e. The molecule has 0 amide bonds. The van der Waals surface area contributed by atoms with Crippen molar-refractivity contribution < 1.29 is 9.13 Å². The molecule has 0 unspecified atom stereocenters. The van der Waals surface area contributed by atoms with Gasteiger partial charge >= 0.3 is 0 Å². The van der Waals surface area contributed by atoms with E-state index in [0.29, 0.717) is 33.7 Å². The molecule has 8 nitrogen and oxygen atoms in total. The highest BCUT2D eigenvalue weighted by molar-refractivity contribution is 5.97.